The number of rotatable bonds is 5. The van der Waals surface area contributed by atoms with Gasteiger partial charge < -0.3 is 15.3 Å². The number of carbonyl (C=O) groups excluding carboxylic acids is 1. The van der Waals surface area contributed by atoms with Gasteiger partial charge in [0.15, 0.2) is 0 Å². The second kappa shape index (κ2) is 6.35. The van der Waals surface area contributed by atoms with Crippen LogP contribution in [0.3, 0.4) is 0 Å². The maximum atomic E-state index is 13.3. The van der Waals surface area contributed by atoms with Gasteiger partial charge in [-0.1, -0.05) is 6.92 Å². The predicted octanol–water partition coefficient (Wildman–Crippen LogP) is 1.14. The van der Waals surface area contributed by atoms with E-state index < -0.39 is 5.82 Å². The van der Waals surface area contributed by atoms with E-state index in [1.165, 1.54) is 12.1 Å². The van der Waals surface area contributed by atoms with Crippen LogP contribution in [0.15, 0.2) is 18.2 Å². The third-order valence-corrected chi connectivity index (χ3v) is 2.81. The van der Waals surface area contributed by atoms with Gasteiger partial charge in [-0.05, 0) is 23.8 Å². The Labute approximate surface area is 106 Å². The van der Waals surface area contributed by atoms with Crippen molar-refractivity contribution in [3.63, 3.8) is 0 Å². The maximum Gasteiger partial charge on any atom is 0.224 e. The van der Waals surface area contributed by atoms with E-state index in [9.17, 15) is 9.18 Å². The molecule has 0 fully saturated rings. The van der Waals surface area contributed by atoms with Crippen LogP contribution in [0.2, 0.25) is 0 Å². The molecule has 4 nitrogen and oxygen atoms in total. The fourth-order valence-electron chi connectivity index (χ4n) is 1.79. The first kappa shape index (κ1) is 14.4. The van der Waals surface area contributed by atoms with Crippen LogP contribution in [0.5, 0.6) is 0 Å². The minimum atomic E-state index is -0.393. The average molecular weight is 254 g/mol. The number of hydrogen-bond acceptors (Lipinski definition) is 3. The first-order valence-corrected chi connectivity index (χ1v) is 5.81. The molecular weight excluding hydrogens is 235 g/mol. The van der Waals surface area contributed by atoms with Crippen molar-refractivity contribution in [2.75, 3.05) is 25.5 Å². The molecule has 0 saturated carbocycles. The summed E-state index contributed by atoms with van der Waals surface area (Å²) in [6, 6.07) is 4.38. The van der Waals surface area contributed by atoms with E-state index in [0.29, 0.717) is 17.8 Å². The van der Waals surface area contributed by atoms with Crippen LogP contribution in [0.1, 0.15) is 12.5 Å². The molecule has 5 heteroatoms. The average Bonchev–Trinajstić information content (AvgIpc) is 2.36. The van der Waals surface area contributed by atoms with Crippen molar-refractivity contribution in [1.29, 1.82) is 0 Å². The van der Waals surface area contributed by atoms with Crippen LogP contribution < -0.4 is 10.2 Å². The van der Waals surface area contributed by atoms with Crippen molar-refractivity contribution in [3.05, 3.63) is 29.6 Å². The molecule has 1 aromatic carbocycles. The summed E-state index contributed by atoms with van der Waals surface area (Å²) in [5, 5.41) is 11.6. The fourth-order valence-corrected chi connectivity index (χ4v) is 1.79. The molecule has 0 bridgehead atoms. The zero-order valence-electron chi connectivity index (χ0n) is 10.9. The molecule has 0 aromatic heterocycles. The minimum Gasteiger partial charge on any atom is -0.392 e. The van der Waals surface area contributed by atoms with Gasteiger partial charge in [-0.2, -0.15) is 0 Å². The first-order valence-electron chi connectivity index (χ1n) is 5.81. The van der Waals surface area contributed by atoms with Gasteiger partial charge in [-0.15, -0.1) is 0 Å². The van der Waals surface area contributed by atoms with E-state index >= 15 is 0 Å². The molecule has 0 aliphatic heterocycles. The number of halogens is 1. The van der Waals surface area contributed by atoms with Crippen molar-refractivity contribution >= 4 is 11.6 Å². The zero-order valence-corrected chi connectivity index (χ0v) is 10.9. The van der Waals surface area contributed by atoms with E-state index in [-0.39, 0.29) is 18.4 Å². The third-order valence-electron chi connectivity index (χ3n) is 2.81. The standard InChI is InChI=1S/C13H19FN2O2/c1-9(13(18)15-2)7-16(3)12-5-10(8-17)4-11(14)6-12/h4-6,9,17H,7-8H2,1-3H3,(H,15,18). The SMILES string of the molecule is CNC(=O)C(C)CN(C)c1cc(F)cc(CO)c1. The van der Waals surface area contributed by atoms with Crippen molar-refractivity contribution in [2.45, 2.75) is 13.5 Å². The highest BCUT2D eigenvalue weighted by Crippen LogP contribution is 2.18. The number of carbonyl (C=O) groups is 1. The Kier molecular flexibility index (Phi) is 5.09. The molecule has 1 rings (SSSR count). The largest absolute Gasteiger partial charge is 0.392 e. The lowest BCUT2D eigenvalue weighted by Crippen LogP contribution is -2.34. The highest BCUT2D eigenvalue weighted by atomic mass is 19.1. The monoisotopic (exact) mass is 254 g/mol. The summed E-state index contributed by atoms with van der Waals surface area (Å²) in [6.07, 6.45) is 0. The number of benzene rings is 1. The maximum absolute atomic E-state index is 13.3. The highest BCUT2D eigenvalue weighted by molar-refractivity contribution is 5.78. The number of aliphatic hydroxyl groups is 1. The number of aliphatic hydroxyl groups excluding tert-OH is 1. The summed E-state index contributed by atoms with van der Waals surface area (Å²) in [5.41, 5.74) is 1.17. The normalized spacial score (nSPS) is 12.1. The van der Waals surface area contributed by atoms with Crippen molar-refractivity contribution in [2.24, 2.45) is 5.92 Å². The van der Waals surface area contributed by atoms with Crippen molar-refractivity contribution in [3.8, 4) is 0 Å². The second-order valence-corrected chi connectivity index (χ2v) is 4.37. The van der Waals surface area contributed by atoms with Crippen LogP contribution in [0.25, 0.3) is 0 Å². The van der Waals surface area contributed by atoms with E-state index in [0.717, 1.165) is 0 Å². The lowest BCUT2D eigenvalue weighted by molar-refractivity contribution is -0.123. The fraction of sp³-hybridized carbons (Fsp3) is 0.462. The van der Waals surface area contributed by atoms with E-state index in [1.54, 1.807) is 25.1 Å². The van der Waals surface area contributed by atoms with Crippen molar-refractivity contribution in [1.82, 2.24) is 5.32 Å². The summed E-state index contributed by atoms with van der Waals surface area (Å²) >= 11 is 0. The summed E-state index contributed by atoms with van der Waals surface area (Å²) in [7, 11) is 3.38. The minimum absolute atomic E-state index is 0.0550. The Morgan fingerprint density at radius 3 is 2.72 bits per heavy atom. The first-order chi connectivity index (χ1) is 8.47. The van der Waals surface area contributed by atoms with Gasteiger partial charge >= 0.3 is 0 Å². The van der Waals surface area contributed by atoms with Gasteiger partial charge in [0.25, 0.3) is 0 Å². The molecular formula is C13H19FN2O2. The molecule has 0 aliphatic carbocycles. The zero-order chi connectivity index (χ0) is 13.7. The number of anilines is 1. The molecule has 0 saturated heterocycles. The van der Waals surface area contributed by atoms with Gasteiger partial charge in [-0.3, -0.25) is 4.79 Å². The van der Waals surface area contributed by atoms with Gasteiger partial charge in [-0.25, -0.2) is 4.39 Å². The van der Waals surface area contributed by atoms with Crippen molar-refractivity contribution < 1.29 is 14.3 Å². The van der Waals surface area contributed by atoms with E-state index in [4.69, 9.17) is 5.11 Å². The van der Waals surface area contributed by atoms with E-state index in [2.05, 4.69) is 5.32 Å². The number of amides is 1. The van der Waals surface area contributed by atoms with Crippen LogP contribution in [-0.4, -0.2) is 31.7 Å². The summed E-state index contributed by atoms with van der Waals surface area (Å²) in [5.74, 6) is -0.641. The smallest absolute Gasteiger partial charge is 0.224 e. The lowest BCUT2D eigenvalue weighted by atomic mass is 10.1. The number of nitrogens with one attached hydrogen (secondary N) is 1. The lowest BCUT2D eigenvalue weighted by Gasteiger charge is -2.23. The molecule has 1 aromatic rings. The summed E-state index contributed by atoms with van der Waals surface area (Å²) in [4.78, 5) is 13.2. The molecule has 1 atom stereocenters. The summed E-state index contributed by atoms with van der Waals surface area (Å²) in [6.45, 7) is 2.08. The molecule has 100 valence electrons. The Morgan fingerprint density at radius 2 is 2.17 bits per heavy atom. The Morgan fingerprint density at radius 1 is 1.50 bits per heavy atom. The second-order valence-electron chi connectivity index (χ2n) is 4.37. The molecule has 0 radical (unpaired) electrons. The molecule has 1 amide bonds. The Hall–Kier alpha value is -1.62. The number of nitrogens with zero attached hydrogens (tertiary/aromatic N) is 1. The molecule has 0 spiro atoms. The van der Waals surface area contributed by atoms with Crippen LogP contribution in [0, 0.1) is 11.7 Å². The van der Waals surface area contributed by atoms with E-state index in [1.807, 2.05) is 6.92 Å². The van der Waals surface area contributed by atoms with Gasteiger partial charge in [0.05, 0.1) is 12.5 Å². The Balaban J connectivity index is 2.80. The predicted molar refractivity (Wildman–Crippen MR) is 68.8 cm³/mol. The molecule has 0 heterocycles. The van der Waals surface area contributed by atoms with Crippen LogP contribution in [0.4, 0.5) is 10.1 Å². The topological polar surface area (TPSA) is 52.6 Å². The molecule has 1 unspecified atom stereocenters. The quantitative estimate of drug-likeness (QED) is 0.828. The summed E-state index contributed by atoms with van der Waals surface area (Å²) < 4.78 is 13.3. The van der Waals surface area contributed by atoms with Gasteiger partial charge in [0, 0.05) is 26.3 Å². The van der Waals surface area contributed by atoms with Gasteiger partial charge in [0.1, 0.15) is 5.82 Å². The van der Waals surface area contributed by atoms with Crippen LogP contribution in [-0.2, 0) is 11.4 Å². The molecule has 0 aliphatic rings. The van der Waals surface area contributed by atoms with Crippen LogP contribution >= 0.6 is 0 Å². The third kappa shape index (κ3) is 3.70. The molecule has 2 N–H and O–H groups in total. The number of hydrogen-bond donors (Lipinski definition) is 2. The molecule has 18 heavy (non-hydrogen) atoms. The highest BCUT2D eigenvalue weighted by Gasteiger charge is 2.14. The van der Waals surface area contributed by atoms with Gasteiger partial charge in [0.2, 0.25) is 5.91 Å². The Bertz CT molecular complexity index is 423.